The second-order valence-corrected chi connectivity index (χ2v) is 3.61. The topological polar surface area (TPSA) is 57.5 Å². The Labute approximate surface area is 83.0 Å². The lowest BCUT2D eigenvalue weighted by Crippen LogP contribution is -2.00. The molecule has 3 heteroatoms. The second-order valence-electron chi connectivity index (χ2n) is 3.61. The van der Waals surface area contributed by atoms with Crippen molar-refractivity contribution in [1.29, 1.82) is 0 Å². The number of carboxylic acids is 1. The molecule has 0 bridgehead atoms. The summed E-state index contributed by atoms with van der Waals surface area (Å²) in [4.78, 5) is 10.4. The van der Waals surface area contributed by atoms with Crippen molar-refractivity contribution in [2.24, 2.45) is 0 Å². The van der Waals surface area contributed by atoms with E-state index in [2.05, 4.69) is 0 Å². The van der Waals surface area contributed by atoms with Gasteiger partial charge in [-0.3, -0.25) is 4.79 Å². The number of benzene rings is 1. The first-order chi connectivity index (χ1) is 6.50. The van der Waals surface area contributed by atoms with Crippen molar-refractivity contribution >= 4 is 5.97 Å². The summed E-state index contributed by atoms with van der Waals surface area (Å²) in [6.45, 7) is 4.04. The number of phenolic OH excluding ortho intramolecular Hbond substituents is 1. The quantitative estimate of drug-likeness (QED) is 0.775. The number of carboxylic acid groups (broad SMARTS) is 1. The van der Waals surface area contributed by atoms with E-state index >= 15 is 0 Å². The van der Waals surface area contributed by atoms with Gasteiger partial charge in [-0.2, -0.15) is 0 Å². The van der Waals surface area contributed by atoms with Gasteiger partial charge in [-0.15, -0.1) is 0 Å². The van der Waals surface area contributed by atoms with Crippen LogP contribution in [0.5, 0.6) is 5.75 Å². The summed E-state index contributed by atoms with van der Waals surface area (Å²) in [6, 6.07) is 5.14. The zero-order valence-electron chi connectivity index (χ0n) is 8.32. The number of carbonyl (C=O) groups is 1. The Morgan fingerprint density at radius 2 is 2.07 bits per heavy atom. The van der Waals surface area contributed by atoms with Crippen LogP contribution in [0.15, 0.2) is 18.2 Å². The molecule has 0 radical (unpaired) electrons. The van der Waals surface area contributed by atoms with Gasteiger partial charge in [0.15, 0.2) is 0 Å². The van der Waals surface area contributed by atoms with Crippen LogP contribution >= 0.6 is 0 Å². The van der Waals surface area contributed by atoms with Crippen LogP contribution in [0, 0.1) is 0 Å². The lowest BCUT2D eigenvalue weighted by Gasteiger charge is -2.08. The van der Waals surface area contributed by atoms with Gasteiger partial charge in [-0.1, -0.05) is 26.0 Å². The largest absolute Gasteiger partial charge is 0.508 e. The summed E-state index contributed by atoms with van der Waals surface area (Å²) in [6.07, 6.45) is -0.135. The highest BCUT2D eigenvalue weighted by Gasteiger charge is 2.08. The number of phenols is 1. The molecule has 14 heavy (non-hydrogen) atoms. The fourth-order valence-corrected chi connectivity index (χ4v) is 1.25. The summed E-state index contributed by atoms with van der Waals surface area (Å²) >= 11 is 0. The van der Waals surface area contributed by atoms with Gasteiger partial charge >= 0.3 is 5.97 Å². The summed E-state index contributed by atoms with van der Waals surface area (Å²) < 4.78 is 0. The van der Waals surface area contributed by atoms with E-state index < -0.39 is 5.97 Å². The second kappa shape index (κ2) is 4.13. The normalized spacial score (nSPS) is 10.5. The van der Waals surface area contributed by atoms with E-state index in [0.29, 0.717) is 11.5 Å². The van der Waals surface area contributed by atoms with Gasteiger partial charge in [0, 0.05) is 5.56 Å². The molecule has 76 valence electrons. The molecule has 0 spiro atoms. The highest BCUT2D eigenvalue weighted by Crippen LogP contribution is 2.23. The zero-order valence-corrected chi connectivity index (χ0v) is 8.32. The molecule has 1 rings (SSSR count). The SMILES string of the molecule is CC(C)c1ccc(CC(=O)O)c(O)c1. The van der Waals surface area contributed by atoms with Crippen LogP contribution in [0.3, 0.4) is 0 Å². The number of rotatable bonds is 3. The third kappa shape index (κ3) is 2.49. The average Bonchev–Trinajstić information content (AvgIpc) is 2.07. The number of hydrogen-bond donors (Lipinski definition) is 2. The Balaban J connectivity index is 2.95. The zero-order chi connectivity index (χ0) is 10.7. The van der Waals surface area contributed by atoms with Crippen molar-refractivity contribution in [2.75, 3.05) is 0 Å². The Hall–Kier alpha value is -1.51. The first kappa shape index (κ1) is 10.6. The first-order valence-corrected chi connectivity index (χ1v) is 4.54. The Bertz CT molecular complexity index is 342. The molecule has 0 atom stereocenters. The maximum Gasteiger partial charge on any atom is 0.307 e. The van der Waals surface area contributed by atoms with Crippen LogP contribution in [-0.4, -0.2) is 16.2 Å². The average molecular weight is 194 g/mol. The van der Waals surface area contributed by atoms with E-state index in [1.54, 1.807) is 12.1 Å². The maximum atomic E-state index is 10.4. The van der Waals surface area contributed by atoms with Crippen molar-refractivity contribution < 1.29 is 15.0 Å². The van der Waals surface area contributed by atoms with Gasteiger partial charge in [0.05, 0.1) is 6.42 Å². The summed E-state index contributed by atoms with van der Waals surface area (Å²) in [7, 11) is 0. The standard InChI is InChI=1S/C11H14O3/c1-7(2)8-3-4-9(6-11(13)14)10(12)5-8/h3-5,7,12H,6H2,1-2H3,(H,13,14). The van der Waals surface area contributed by atoms with Crippen LogP contribution in [0.2, 0.25) is 0 Å². The Morgan fingerprint density at radius 3 is 2.50 bits per heavy atom. The van der Waals surface area contributed by atoms with Crippen molar-refractivity contribution in [1.82, 2.24) is 0 Å². The smallest absolute Gasteiger partial charge is 0.307 e. The predicted molar refractivity (Wildman–Crippen MR) is 53.5 cm³/mol. The lowest BCUT2D eigenvalue weighted by atomic mass is 10.00. The van der Waals surface area contributed by atoms with E-state index in [1.807, 2.05) is 19.9 Å². The number of aliphatic carboxylic acids is 1. The van der Waals surface area contributed by atoms with E-state index in [0.717, 1.165) is 5.56 Å². The Kier molecular flexibility index (Phi) is 3.12. The monoisotopic (exact) mass is 194 g/mol. The molecule has 3 nitrogen and oxygen atoms in total. The molecule has 1 aromatic carbocycles. The molecule has 0 saturated carbocycles. The minimum atomic E-state index is -0.933. The van der Waals surface area contributed by atoms with Gasteiger partial charge in [0.2, 0.25) is 0 Å². The summed E-state index contributed by atoms with van der Waals surface area (Å²) in [5.74, 6) is -0.532. The summed E-state index contributed by atoms with van der Waals surface area (Å²) in [5.41, 5.74) is 1.47. The molecule has 1 aromatic rings. The van der Waals surface area contributed by atoms with E-state index in [4.69, 9.17) is 5.11 Å². The Morgan fingerprint density at radius 1 is 1.43 bits per heavy atom. The van der Waals surface area contributed by atoms with Gasteiger partial charge in [0.1, 0.15) is 5.75 Å². The van der Waals surface area contributed by atoms with Gasteiger partial charge in [-0.25, -0.2) is 0 Å². The maximum absolute atomic E-state index is 10.4. The predicted octanol–water partition coefficient (Wildman–Crippen LogP) is 2.14. The van der Waals surface area contributed by atoms with Crippen LogP contribution in [0.25, 0.3) is 0 Å². The van der Waals surface area contributed by atoms with Crippen molar-refractivity contribution in [2.45, 2.75) is 26.2 Å². The van der Waals surface area contributed by atoms with Crippen LogP contribution < -0.4 is 0 Å². The first-order valence-electron chi connectivity index (χ1n) is 4.54. The minimum Gasteiger partial charge on any atom is -0.508 e. The number of aromatic hydroxyl groups is 1. The van der Waals surface area contributed by atoms with E-state index in [9.17, 15) is 9.90 Å². The molecule has 0 aliphatic carbocycles. The highest BCUT2D eigenvalue weighted by atomic mass is 16.4. The molecular formula is C11H14O3. The number of hydrogen-bond acceptors (Lipinski definition) is 2. The third-order valence-electron chi connectivity index (χ3n) is 2.12. The van der Waals surface area contributed by atoms with E-state index in [1.165, 1.54) is 0 Å². The fraction of sp³-hybridized carbons (Fsp3) is 0.364. The molecule has 0 heterocycles. The van der Waals surface area contributed by atoms with Crippen molar-refractivity contribution in [3.63, 3.8) is 0 Å². The molecule has 0 fully saturated rings. The summed E-state index contributed by atoms with van der Waals surface area (Å²) in [5, 5.41) is 18.1. The molecule has 0 amide bonds. The molecule has 0 aliphatic heterocycles. The molecule has 0 saturated heterocycles. The van der Waals surface area contributed by atoms with Crippen molar-refractivity contribution in [3.05, 3.63) is 29.3 Å². The molecular weight excluding hydrogens is 180 g/mol. The lowest BCUT2D eigenvalue weighted by molar-refractivity contribution is -0.136. The van der Waals surface area contributed by atoms with Gasteiger partial charge < -0.3 is 10.2 Å². The third-order valence-corrected chi connectivity index (χ3v) is 2.12. The fourth-order valence-electron chi connectivity index (χ4n) is 1.25. The molecule has 0 aromatic heterocycles. The van der Waals surface area contributed by atoms with Crippen LogP contribution in [0.4, 0.5) is 0 Å². The van der Waals surface area contributed by atoms with Crippen LogP contribution in [-0.2, 0) is 11.2 Å². The molecule has 0 aliphatic rings. The molecule has 2 N–H and O–H groups in total. The van der Waals surface area contributed by atoms with Gasteiger partial charge in [-0.05, 0) is 17.5 Å². The molecule has 0 unspecified atom stereocenters. The van der Waals surface area contributed by atoms with Crippen molar-refractivity contribution in [3.8, 4) is 5.75 Å². The van der Waals surface area contributed by atoms with Crippen LogP contribution in [0.1, 0.15) is 30.9 Å². The van der Waals surface area contributed by atoms with Gasteiger partial charge in [0.25, 0.3) is 0 Å². The highest BCUT2D eigenvalue weighted by molar-refractivity contribution is 5.71. The minimum absolute atomic E-state index is 0.0681. The van der Waals surface area contributed by atoms with E-state index in [-0.39, 0.29) is 12.2 Å².